The highest BCUT2D eigenvalue weighted by atomic mass is 79.9. The van der Waals surface area contributed by atoms with Crippen LogP contribution in [0.15, 0.2) is 12.7 Å². The monoisotopic (exact) mass is 373 g/mol. The minimum absolute atomic E-state index is 0. The lowest BCUT2D eigenvalue weighted by molar-refractivity contribution is 0.510. The van der Waals surface area contributed by atoms with Gasteiger partial charge in [0.2, 0.25) is 0 Å². The highest BCUT2D eigenvalue weighted by Crippen LogP contribution is 2.13. The molecule has 0 aliphatic heterocycles. The highest BCUT2D eigenvalue weighted by Gasteiger charge is 1.95. The van der Waals surface area contributed by atoms with Crippen LogP contribution in [-0.4, -0.2) is 14.8 Å². The summed E-state index contributed by atoms with van der Waals surface area (Å²) in [6.45, 7) is 3.31. The molecule has 0 aliphatic carbocycles. The summed E-state index contributed by atoms with van der Waals surface area (Å²) < 4.78 is 1.93. The lowest BCUT2D eigenvalue weighted by atomic mass is 10.0. The smallest absolute Gasteiger partial charge is 0.137 e. The molecule has 3 nitrogen and oxygen atoms in total. The predicted octanol–water partition coefficient (Wildman–Crippen LogP) is 6.34. The van der Waals surface area contributed by atoms with Crippen LogP contribution in [0.25, 0.3) is 0 Å². The molecule has 0 unspecified atom stereocenters. The Morgan fingerprint density at radius 1 is 0.682 bits per heavy atom. The van der Waals surface area contributed by atoms with E-state index in [1.165, 1.54) is 89.9 Å². The Morgan fingerprint density at radius 3 is 1.55 bits per heavy atom. The van der Waals surface area contributed by atoms with Crippen molar-refractivity contribution in [3.05, 3.63) is 12.7 Å². The van der Waals surface area contributed by atoms with Gasteiger partial charge in [-0.2, -0.15) is 5.10 Å². The minimum Gasteiger partial charge on any atom is -0.253 e. The number of aromatic nitrogens is 3. The van der Waals surface area contributed by atoms with Crippen molar-refractivity contribution in [2.24, 2.45) is 0 Å². The van der Waals surface area contributed by atoms with Crippen molar-refractivity contribution >= 4 is 17.0 Å². The first kappa shape index (κ1) is 21.6. The standard InChI is InChI=1S/C18H35N3.BrH/c1-2-3-4-5-6-7-8-9-10-11-12-13-14-15-16-21-18-19-17-20-21;/h17-18H,2-16H2,1H3;1H. The van der Waals surface area contributed by atoms with Crippen LogP contribution < -0.4 is 0 Å². The van der Waals surface area contributed by atoms with Crippen molar-refractivity contribution in [2.75, 3.05) is 0 Å². The van der Waals surface area contributed by atoms with Crippen LogP contribution in [-0.2, 0) is 6.54 Å². The topological polar surface area (TPSA) is 30.7 Å². The molecule has 0 amide bonds. The molecule has 0 N–H and O–H groups in total. The molecule has 0 fully saturated rings. The van der Waals surface area contributed by atoms with Gasteiger partial charge in [-0.15, -0.1) is 17.0 Å². The first-order valence-corrected chi connectivity index (χ1v) is 9.26. The van der Waals surface area contributed by atoms with Crippen LogP contribution in [0.3, 0.4) is 0 Å². The maximum atomic E-state index is 4.12. The van der Waals surface area contributed by atoms with Gasteiger partial charge >= 0.3 is 0 Å². The van der Waals surface area contributed by atoms with Gasteiger partial charge in [0.05, 0.1) is 0 Å². The Morgan fingerprint density at radius 2 is 1.14 bits per heavy atom. The maximum Gasteiger partial charge on any atom is 0.137 e. The summed E-state index contributed by atoms with van der Waals surface area (Å²) in [5, 5.41) is 4.12. The molecule has 22 heavy (non-hydrogen) atoms. The molecule has 0 saturated carbocycles. The van der Waals surface area contributed by atoms with E-state index in [1.807, 2.05) is 11.0 Å². The fourth-order valence-electron chi connectivity index (χ4n) is 2.82. The number of unbranched alkanes of at least 4 members (excludes halogenated alkanes) is 13. The third-order valence-corrected chi connectivity index (χ3v) is 4.21. The molecular weight excluding hydrogens is 338 g/mol. The van der Waals surface area contributed by atoms with E-state index in [-0.39, 0.29) is 17.0 Å². The van der Waals surface area contributed by atoms with E-state index in [9.17, 15) is 0 Å². The van der Waals surface area contributed by atoms with Crippen molar-refractivity contribution in [1.82, 2.24) is 14.8 Å². The third kappa shape index (κ3) is 13.3. The fraction of sp³-hybridized carbons (Fsp3) is 0.889. The van der Waals surface area contributed by atoms with E-state index in [2.05, 4.69) is 17.0 Å². The number of hydrogen-bond donors (Lipinski definition) is 0. The summed E-state index contributed by atoms with van der Waals surface area (Å²) in [6.07, 6.45) is 23.2. The van der Waals surface area contributed by atoms with E-state index in [0.29, 0.717) is 0 Å². The second-order valence-electron chi connectivity index (χ2n) is 6.25. The summed E-state index contributed by atoms with van der Waals surface area (Å²) in [6, 6.07) is 0. The SMILES string of the molecule is Br.CCCCCCCCCCCCCCCCn1cncn1. The van der Waals surface area contributed by atoms with Gasteiger partial charge in [0.1, 0.15) is 12.7 Å². The van der Waals surface area contributed by atoms with Crippen LogP contribution in [0.2, 0.25) is 0 Å². The first-order chi connectivity index (χ1) is 10.4. The Kier molecular flexibility index (Phi) is 16.7. The summed E-state index contributed by atoms with van der Waals surface area (Å²) in [5.41, 5.74) is 0. The van der Waals surface area contributed by atoms with Gasteiger partial charge < -0.3 is 0 Å². The Balaban J connectivity index is 0.00000441. The van der Waals surface area contributed by atoms with Crippen molar-refractivity contribution in [3.63, 3.8) is 0 Å². The van der Waals surface area contributed by atoms with Gasteiger partial charge in [-0.3, -0.25) is 4.68 Å². The quantitative estimate of drug-likeness (QED) is 0.336. The molecule has 0 atom stereocenters. The van der Waals surface area contributed by atoms with E-state index in [4.69, 9.17) is 0 Å². The summed E-state index contributed by atoms with van der Waals surface area (Å²) in [5.74, 6) is 0. The highest BCUT2D eigenvalue weighted by molar-refractivity contribution is 8.93. The molecular formula is C18H36BrN3. The van der Waals surface area contributed by atoms with Crippen molar-refractivity contribution in [2.45, 2.75) is 103 Å². The van der Waals surface area contributed by atoms with Crippen molar-refractivity contribution in [1.29, 1.82) is 0 Å². The molecule has 0 saturated heterocycles. The summed E-state index contributed by atoms with van der Waals surface area (Å²) in [4.78, 5) is 3.96. The average Bonchev–Trinajstić information content (AvgIpc) is 3.01. The number of rotatable bonds is 15. The Bertz CT molecular complexity index is 301. The van der Waals surface area contributed by atoms with Gasteiger partial charge in [-0.05, 0) is 6.42 Å². The normalized spacial score (nSPS) is 10.6. The second-order valence-corrected chi connectivity index (χ2v) is 6.25. The Hall–Kier alpha value is -0.380. The number of nitrogens with zero attached hydrogens (tertiary/aromatic N) is 3. The number of halogens is 1. The van der Waals surface area contributed by atoms with E-state index in [1.54, 1.807) is 6.33 Å². The third-order valence-electron chi connectivity index (χ3n) is 4.21. The van der Waals surface area contributed by atoms with Gasteiger partial charge in [0.15, 0.2) is 0 Å². The molecule has 1 heterocycles. The summed E-state index contributed by atoms with van der Waals surface area (Å²) >= 11 is 0. The lowest BCUT2D eigenvalue weighted by Crippen LogP contribution is -1.97. The van der Waals surface area contributed by atoms with Crippen LogP contribution in [0.5, 0.6) is 0 Å². The van der Waals surface area contributed by atoms with Gasteiger partial charge in [-0.1, -0.05) is 90.4 Å². The number of aryl methyl sites for hydroxylation is 1. The zero-order valence-electron chi connectivity index (χ0n) is 14.5. The van der Waals surface area contributed by atoms with Crippen LogP contribution >= 0.6 is 17.0 Å². The van der Waals surface area contributed by atoms with Gasteiger partial charge in [0, 0.05) is 6.54 Å². The fourth-order valence-corrected chi connectivity index (χ4v) is 2.82. The molecule has 130 valence electrons. The molecule has 1 rings (SSSR count). The molecule has 1 aromatic rings. The van der Waals surface area contributed by atoms with E-state index in [0.717, 1.165) is 6.54 Å². The zero-order chi connectivity index (χ0) is 15.0. The van der Waals surface area contributed by atoms with Crippen LogP contribution in [0.4, 0.5) is 0 Å². The van der Waals surface area contributed by atoms with Crippen LogP contribution in [0.1, 0.15) is 96.8 Å². The average molecular weight is 374 g/mol. The van der Waals surface area contributed by atoms with Crippen LogP contribution in [0, 0.1) is 0 Å². The van der Waals surface area contributed by atoms with E-state index < -0.39 is 0 Å². The van der Waals surface area contributed by atoms with Gasteiger partial charge in [-0.25, -0.2) is 4.98 Å². The molecule has 0 aromatic carbocycles. The van der Waals surface area contributed by atoms with E-state index >= 15 is 0 Å². The molecule has 0 radical (unpaired) electrons. The van der Waals surface area contributed by atoms with Crippen molar-refractivity contribution < 1.29 is 0 Å². The maximum absolute atomic E-state index is 4.12. The predicted molar refractivity (Wildman–Crippen MR) is 101 cm³/mol. The summed E-state index contributed by atoms with van der Waals surface area (Å²) in [7, 11) is 0. The molecule has 4 heteroatoms. The molecule has 0 aliphatic rings. The zero-order valence-corrected chi connectivity index (χ0v) is 16.2. The van der Waals surface area contributed by atoms with Crippen molar-refractivity contribution in [3.8, 4) is 0 Å². The molecule has 0 spiro atoms. The minimum atomic E-state index is 0. The second kappa shape index (κ2) is 17.0. The lowest BCUT2D eigenvalue weighted by Gasteiger charge is -2.03. The first-order valence-electron chi connectivity index (χ1n) is 9.26. The van der Waals surface area contributed by atoms with Gasteiger partial charge in [0.25, 0.3) is 0 Å². The molecule has 0 bridgehead atoms. The number of hydrogen-bond acceptors (Lipinski definition) is 2. The largest absolute Gasteiger partial charge is 0.253 e. The molecule has 1 aromatic heterocycles. The Labute approximate surface area is 148 Å².